The highest BCUT2D eigenvalue weighted by Gasteiger charge is 2.19. The van der Waals surface area contributed by atoms with Crippen molar-refractivity contribution < 1.29 is 4.79 Å². The van der Waals surface area contributed by atoms with Crippen LogP contribution in [0.25, 0.3) is 0 Å². The fraction of sp³-hybridized carbons (Fsp3) is 0.600. The molecule has 4 heteroatoms. The molecule has 1 saturated heterocycles. The second-order valence-corrected chi connectivity index (χ2v) is 3.76. The van der Waals surface area contributed by atoms with Gasteiger partial charge in [-0.3, -0.25) is 9.48 Å². The van der Waals surface area contributed by atoms with Gasteiger partial charge in [-0.25, -0.2) is 0 Å². The number of aryl methyl sites for hydroxylation is 1. The zero-order valence-electron chi connectivity index (χ0n) is 8.36. The Labute approximate surface area is 83.3 Å². The molecule has 0 saturated carbocycles. The Balaban J connectivity index is 1.98. The van der Waals surface area contributed by atoms with E-state index in [1.165, 1.54) is 6.42 Å². The van der Waals surface area contributed by atoms with Gasteiger partial charge in [0.25, 0.3) is 0 Å². The fourth-order valence-corrected chi connectivity index (χ4v) is 1.91. The number of carbonyl (C=O) groups is 1. The summed E-state index contributed by atoms with van der Waals surface area (Å²) in [6, 6.07) is 2.15. The van der Waals surface area contributed by atoms with Crippen LogP contribution in [-0.4, -0.2) is 28.2 Å². The van der Waals surface area contributed by atoms with E-state index >= 15 is 0 Å². The molecule has 0 spiro atoms. The first-order valence-electron chi connectivity index (χ1n) is 5.02. The Bertz CT molecular complexity index is 326. The van der Waals surface area contributed by atoms with Crippen LogP contribution in [0.5, 0.6) is 0 Å². The van der Waals surface area contributed by atoms with E-state index in [4.69, 9.17) is 0 Å². The van der Waals surface area contributed by atoms with E-state index in [-0.39, 0.29) is 5.78 Å². The second-order valence-electron chi connectivity index (χ2n) is 3.76. The van der Waals surface area contributed by atoms with Crippen molar-refractivity contribution in [3.05, 3.63) is 18.0 Å². The van der Waals surface area contributed by atoms with Gasteiger partial charge in [0.2, 0.25) is 0 Å². The molecule has 2 rings (SSSR count). The molecule has 1 aliphatic rings. The molecule has 0 bridgehead atoms. The monoisotopic (exact) mass is 193 g/mol. The van der Waals surface area contributed by atoms with Crippen molar-refractivity contribution in [3.8, 4) is 0 Å². The first kappa shape index (κ1) is 9.40. The topological polar surface area (TPSA) is 46.9 Å². The molecule has 4 nitrogen and oxygen atoms in total. The van der Waals surface area contributed by atoms with Crippen molar-refractivity contribution in [3.63, 3.8) is 0 Å². The molecule has 1 aromatic rings. The predicted octanol–water partition coefficient (Wildman–Crippen LogP) is 0.745. The third kappa shape index (κ3) is 1.85. The largest absolute Gasteiger partial charge is 0.314 e. The number of nitrogens with one attached hydrogen (secondary N) is 1. The van der Waals surface area contributed by atoms with E-state index in [1.54, 1.807) is 24.0 Å². The average Bonchev–Trinajstić information content (AvgIpc) is 2.75. The summed E-state index contributed by atoms with van der Waals surface area (Å²) in [6.07, 6.45) is 4.56. The lowest BCUT2D eigenvalue weighted by molar-refractivity contribution is 0.0962. The molecule has 0 aliphatic carbocycles. The van der Waals surface area contributed by atoms with Crippen LogP contribution in [0.15, 0.2) is 12.3 Å². The fourth-order valence-electron chi connectivity index (χ4n) is 1.91. The van der Waals surface area contributed by atoms with Gasteiger partial charge in [-0.2, -0.15) is 5.10 Å². The number of nitrogens with zero attached hydrogens (tertiary/aromatic N) is 2. The third-order valence-corrected chi connectivity index (χ3v) is 2.70. The number of aromatic nitrogens is 2. The predicted molar refractivity (Wildman–Crippen MR) is 53.2 cm³/mol. The van der Waals surface area contributed by atoms with E-state index in [1.807, 2.05) is 0 Å². The van der Waals surface area contributed by atoms with Crippen LogP contribution < -0.4 is 5.32 Å². The number of Topliss-reactive ketones (excluding diaryl/α,β-unsaturated/α-hetero) is 1. The Morgan fingerprint density at radius 1 is 1.79 bits per heavy atom. The summed E-state index contributed by atoms with van der Waals surface area (Å²) < 4.78 is 1.64. The average molecular weight is 193 g/mol. The van der Waals surface area contributed by atoms with Crippen LogP contribution in [0, 0.1) is 0 Å². The molecule has 1 fully saturated rings. The lowest BCUT2D eigenvalue weighted by Gasteiger charge is -2.08. The van der Waals surface area contributed by atoms with Crippen LogP contribution >= 0.6 is 0 Å². The van der Waals surface area contributed by atoms with Crippen molar-refractivity contribution in [1.29, 1.82) is 0 Å². The van der Waals surface area contributed by atoms with Gasteiger partial charge < -0.3 is 5.32 Å². The number of hydrogen-bond acceptors (Lipinski definition) is 3. The van der Waals surface area contributed by atoms with Gasteiger partial charge in [0, 0.05) is 25.7 Å². The Hall–Kier alpha value is -1.16. The van der Waals surface area contributed by atoms with Crippen LogP contribution in [0.1, 0.15) is 29.8 Å². The summed E-state index contributed by atoms with van der Waals surface area (Å²) in [5, 5.41) is 7.31. The molecule has 1 aromatic heterocycles. The van der Waals surface area contributed by atoms with E-state index in [0.717, 1.165) is 13.0 Å². The summed E-state index contributed by atoms with van der Waals surface area (Å²) in [7, 11) is 1.80. The van der Waals surface area contributed by atoms with Crippen molar-refractivity contribution in [2.75, 3.05) is 6.54 Å². The highest BCUT2D eigenvalue weighted by molar-refractivity contribution is 5.94. The molecule has 14 heavy (non-hydrogen) atoms. The van der Waals surface area contributed by atoms with Crippen molar-refractivity contribution >= 4 is 5.78 Å². The second kappa shape index (κ2) is 3.92. The van der Waals surface area contributed by atoms with Crippen LogP contribution in [0.2, 0.25) is 0 Å². The maximum atomic E-state index is 11.8. The number of rotatable bonds is 3. The minimum atomic E-state index is 0.185. The first-order valence-corrected chi connectivity index (χ1v) is 5.02. The van der Waals surface area contributed by atoms with E-state index in [2.05, 4.69) is 10.4 Å². The van der Waals surface area contributed by atoms with Crippen LogP contribution in [-0.2, 0) is 7.05 Å². The smallest absolute Gasteiger partial charge is 0.182 e. The number of carbonyl (C=O) groups excluding carboxylic acids is 1. The van der Waals surface area contributed by atoms with Crippen LogP contribution in [0.4, 0.5) is 0 Å². The molecule has 1 N–H and O–H groups in total. The van der Waals surface area contributed by atoms with Crippen molar-refractivity contribution in [2.24, 2.45) is 7.05 Å². The van der Waals surface area contributed by atoms with Gasteiger partial charge in [0.15, 0.2) is 5.78 Å². The Morgan fingerprint density at radius 2 is 2.64 bits per heavy atom. The third-order valence-electron chi connectivity index (χ3n) is 2.70. The Morgan fingerprint density at radius 3 is 3.21 bits per heavy atom. The van der Waals surface area contributed by atoms with Gasteiger partial charge in [0.05, 0.1) is 0 Å². The highest BCUT2D eigenvalue weighted by Crippen LogP contribution is 2.12. The summed E-state index contributed by atoms with van der Waals surface area (Å²) in [5.74, 6) is 0.185. The van der Waals surface area contributed by atoms with E-state index in [0.29, 0.717) is 18.2 Å². The van der Waals surface area contributed by atoms with Gasteiger partial charge >= 0.3 is 0 Å². The minimum Gasteiger partial charge on any atom is -0.314 e. The molecule has 76 valence electrons. The molecule has 0 aromatic carbocycles. The van der Waals surface area contributed by atoms with E-state index < -0.39 is 0 Å². The van der Waals surface area contributed by atoms with Crippen LogP contribution in [0.3, 0.4) is 0 Å². The van der Waals surface area contributed by atoms with Gasteiger partial charge in [-0.1, -0.05) is 0 Å². The van der Waals surface area contributed by atoms with Gasteiger partial charge in [0.1, 0.15) is 5.69 Å². The SMILES string of the molecule is Cn1nccc1C(=O)CC1CCCN1. The number of hydrogen-bond donors (Lipinski definition) is 1. The summed E-state index contributed by atoms with van der Waals surface area (Å²) in [5.41, 5.74) is 0.707. The molecule has 1 unspecified atom stereocenters. The van der Waals surface area contributed by atoms with E-state index in [9.17, 15) is 4.79 Å². The lowest BCUT2D eigenvalue weighted by Crippen LogP contribution is -2.25. The molecular weight excluding hydrogens is 178 g/mol. The summed E-state index contributed by atoms with van der Waals surface area (Å²) in [6.45, 7) is 1.04. The standard InChI is InChI=1S/C10H15N3O/c1-13-9(4-6-12-13)10(14)7-8-3-2-5-11-8/h4,6,8,11H,2-3,5,7H2,1H3. The lowest BCUT2D eigenvalue weighted by atomic mass is 10.1. The molecule has 1 aliphatic heterocycles. The molecule has 1 atom stereocenters. The highest BCUT2D eigenvalue weighted by atomic mass is 16.1. The van der Waals surface area contributed by atoms with Gasteiger partial charge in [-0.05, 0) is 25.5 Å². The van der Waals surface area contributed by atoms with Crippen molar-refractivity contribution in [2.45, 2.75) is 25.3 Å². The molecule has 2 heterocycles. The minimum absolute atomic E-state index is 0.185. The quantitative estimate of drug-likeness (QED) is 0.720. The summed E-state index contributed by atoms with van der Waals surface area (Å²) in [4.78, 5) is 11.8. The van der Waals surface area contributed by atoms with Crippen molar-refractivity contribution in [1.82, 2.24) is 15.1 Å². The molecule has 0 amide bonds. The normalized spacial score (nSPS) is 21.4. The van der Waals surface area contributed by atoms with Gasteiger partial charge in [-0.15, -0.1) is 0 Å². The zero-order valence-corrected chi connectivity index (χ0v) is 8.36. The summed E-state index contributed by atoms with van der Waals surface area (Å²) >= 11 is 0. The maximum absolute atomic E-state index is 11.8. The molecule has 0 radical (unpaired) electrons. The number of ketones is 1. The first-order chi connectivity index (χ1) is 6.77. The molecular formula is C10H15N3O. The Kier molecular flexibility index (Phi) is 2.63. The zero-order chi connectivity index (χ0) is 9.97. The maximum Gasteiger partial charge on any atom is 0.182 e.